The monoisotopic (exact) mass is 291 g/mol. The van der Waals surface area contributed by atoms with E-state index in [1.54, 1.807) is 0 Å². The summed E-state index contributed by atoms with van der Waals surface area (Å²) in [6, 6.07) is -0.889. The highest BCUT2D eigenvalue weighted by atomic mass is 16.7. The van der Waals surface area contributed by atoms with Crippen LogP contribution >= 0.6 is 0 Å². The third-order valence-corrected chi connectivity index (χ3v) is 2.89. The van der Waals surface area contributed by atoms with Gasteiger partial charge in [0.25, 0.3) is 0 Å². The summed E-state index contributed by atoms with van der Waals surface area (Å²) in [5, 5.41) is 21.5. The quantitative estimate of drug-likeness (QED) is 0.366. The van der Waals surface area contributed by atoms with E-state index in [1.165, 1.54) is 14.2 Å². The van der Waals surface area contributed by atoms with E-state index in [2.05, 4.69) is 10.0 Å². The van der Waals surface area contributed by atoms with Crippen molar-refractivity contribution in [2.24, 2.45) is 5.11 Å². The number of aliphatic hydroxyl groups excluding tert-OH is 1. The first-order valence-corrected chi connectivity index (χ1v) is 5.78. The van der Waals surface area contributed by atoms with Crippen LogP contribution in [0.2, 0.25) is 0 Å². The fourth-order valence-corrected chi connectivity index (χ4v) is 2.05. The van der Waals surface area contributed by atoms with E-state index >= 15 is 0 Å². The molecule has 1 fully saturated rings. The van der Waals surface area contributed by atoms with Crippen LogP contribution in [-0.2, 0) is 23.7 Å². The minimum atomic E-state index is -1.19. The van der Waals surface area contributed by atoms with Gasteiger partial charge in [-0.1, -0.05) is 5.11 Å². The largest absolute Gasteiger partial charge is 0.480 e. The minimum absolute atomic E-state index is 0.446. The number of carbonyl (C=O) groups is 1. The number of methoxy groups -OCH3 is 2. The number of carboxylic acid groups (broad SMARTS) is 1. The number of azide groups is 1. The van der Waals surface area contributed by atoms with Crippen LogP contribution in [0.4, 0.5) is 0 Å². The van der Waals surface area contributed by atoms with E-state index in [-0.39, 0.29) is 0 Å². The van der Waals surface area contributed by atoms with Gasteiger partial charge in [0.15, 0.2) is 6.29 Å². The molecule has 10 heteroatoms. The van der Waals surface area contributed by atoms with Crippen LogP contribution in [0.1, 0.15) is 0 Å². The molecule has 0 spiro atoms. The second kappa shape index (κ2) is 8.00. The average Bonchev–Trinajstić information content (AvgIpc) is 2.44. The first kappa shape index (κ1) is 16.6. The highest BCUT2D eigenvalue weighted by Gasteiger charge is 2.46. The molecule has 0 aromatic heterocycles. The molecule has 0 aromatic carbocycles. The number of nitrogens with zero attached hydrogens (tertiary/aromatic N) is 3. The number of hydrogen-bond acceptors (Lipinski definition) is 7. The van der Waals surface area contributed by atoms with E-state index in [1.807, 2.05) is 0 Å². The SMILES string of the molecule is COC1O[C@H](CO)[C@@H](OCC(=O)O)[C@H](N=[N+]=[N-])[C@H]1OC. The maximum absolute atomic E-state index is 10.6. The first-order chi connectivity index (χ1) is 9.58. The molecule has 114 valence electrons. The molecule has 1 aliphatic rings. The smallest absolute Gasteiger partial charge is 0.329 e. The maximum Gasteiger partial charge on any atom is 0.329 e. The standard InChI is InChI=1S/C10H17N3O7/c1-17-9-7(12-13-11)8(19-4-6(15)16)5(3-14)20-10(9)18-2/h5,7-10,14H,3-4H2,1-2H3,(H,15,16)/t5-,7+,8-,9-,10?/m1/s1. The molecule has 0 aliphatic carbocycles. The summed E-state index contributed by atoms with van der Waals surface area (Å²) in [5.74, 6) is -1.19. The van der Waals surface area contributed by atoms with Crippen molar-refractivity contribution in [3.05, 3.63) is 10.4 Å². The summed E-state index contributed by atoms with van der Waals surface area (Å²) < 4.78 is 20.8. The van der Waals surface area contributed by atoms with Gasteiger partial charge in [-0.2, -0.15) is 0 Å². The average molecular weight is 291 g/mol. The molecular weight excluding hydrogens is 274 g/mol. The Morgan fingerprint density at radius 3 is 2.55 bits per heavy atom. The molecule has 0 bridgehead atoms. The fraction of sp³-hybridized carbons (Fsp3) is 0.900. The van der Waals surface area contributed by atoms with Gasteiger partial charge in [-0.05, 0) is 5.53 Å². The molecule has 0 radical (unpaired) electrons. The summed E-state index contributed by atoms with van der Waals surface area (Å²) in [6.45, 7) is -1.06. The van der Waals surface area contributed by atoms with Crippen LogP contribution < -0.4 is 0 Å². The second-order valence-corrected chi connectivity index (χ2v) is 4.03. The summed E-state index contributed by atoms with van der Waals surface area (Å²) in [5.41, 5.74) is 8.63. The lowest BCUT2D eigenvalue weighted by Gasteiger charge is -2.42. The summed E-state index contributed by atoms with van der Waals surface area (Å²) in [7, 11) is 2.74. The third kappa shape index (κ3) is 3.79. The Labute approximate surface area is 114 Å². The van der Waals surface area contributed by atoms with Crippen molar-refractivity contribution in [2.45, 2.75) is 30.6 Å². The van der Waals surface area contributed by atoms with E-state index < -0.39 is 49.8 Å². The predicted octanol–water partition coefficient (Wildman–Crippen LogP) is -0.486. The Hall–Kier alpha value is -1.42. The van der Waals surface area contributed by atoms with Gasteiger partial charge in [-0.25, -0.2) is 4.79 Å². The Bertz CT molecular complexity index is 374. The highest BCUT2D eigenvalue weighted by molar-refractivity contribution is 5.68. The topological polar surface area (TPSA) is 143 Å². The van der Waals surface area contributed by atoms with Crippen molar-refractivity contribution in [3.63, 3.8) is 0 Å². The van der Waals surface area contributed by atoms with Gasteiger partial charge in [-0.3, -0.25) is 0 Å². The van der Waals surface area contributed by atoms with Crippen LogP contribution in [-0.4, -0.2) is 74.3 Å². The van der Waals surface area contributed by atoms with Gasteiger partial charge in [0, 0.05) is 19.1 Å². The number of ether oxygens (including phenoxy) is 4. The van der Waals surface area contributed by atoms with Crippen molar-refractivity contribution in [2.75, 3.05) is 27.4 Å². The van der Waals surface area contributed by atoms with Crippen molar-refractivity contribution in [1.29, 1.82) is 0 Å². The lowest BCUT2D eigenvalue weighted by Crippen LogP contribution is -2.59. The Morgan fingerprint density at radius 2 is 2.10 bits per heavy atom. The Morgan fingerprint density at radius 1 is 1.40 bits per heavy atom. The molecule has 1 saturated heterocycles. The van der Waals surface area contributed by atoms with Gasteiger partial charge in [0.05, 0.1) is 18.8 Å². The molecule has 0 saturated carbocycles. The molecule has 5 atom stereocenters. The lowest BCUT2D eigenvalue weighted by atomic mass is 9.96. The highest BCUT2D eigenvalue weighted by Crippen LogP contribution is 2.28. The Kier molecular flexibility index (Phi) is 6.65. The van der Waals surface area contributed by atoms with Gasteiger partial charge in [0.1, 0.15) is 18.8 Å². The number of aliphatic carboxylic acids is 1. The predicted molar refractivity (Wildman–Crippen MR) is 63.9 cm³/mol. The zero-order valence-corrected chi connectivity index (χ0v) is 11.1. The molecular formula is C10H17N3O7. The minimum Gasteiger partial charge on any atom is -0.480 e. The van der Waals surface area contributed by atoms with Crippen molar-refractivity contribution >= 4 is 5.97 Å². The summed E-state index contributed by atoms with van der Waals surface area (Å²) >= 11 is 0. The number of aliphatic hydroxyl groups is 1. The lowest BCUT2D eigenvalue weighted by molar-refractivity contribution is -0.279. The van der Waals surface area contributed by atoms with Crippen LogP contribution in [0.25, 0.3) is 10.4 Å². The van der Waals surface area contributed by atoms with E-state index in [4.69, 9.17) is 29.6 Å². The molecule has 0 amide bonds. The van der Waals surface area contributed by atoms with Crippen molar-refractivity contribution < 1.29 is 34.0 Å². The normalized spacial score (nSPS) is 33.5. The van der Waals surface area contributed by atoms with Crippen LogP contribution in [0.3, 0.4) is 0 Å². The second-order valence-electron chi connectivity index (χ2n) is 4.03. The number of rotatable bonds is 7. The third-order valence-electron chi connectivity index (χ3n) is 2.89. The van der Waals surface area contributed by atoms with Gasteiger partial charge in [0.2, 0.25) is 0 Å². The Balaban J connectivity index is 2.99. The first-order valence-electron chi connectivity index (χ1n) is 5.78. The van der Waals surface area contributed by atoms with E-state index in [0.717, 1.165) is 0 Å². The molecule has 2 N–H and O–H groups in total. The molecule has 1 aliphatic heterocycles. The number of carboxylic acids is 1. The summed E-state index contributed by atoms with van der Waals surface area (Å²) in [6.07, 6.45) is -3.49. The fourth-order valence-electron chi connectivity index (χ4n) is 2.05. The van der Waals surface area contributed by atoms with Crippen LogP contribution in [0, 0.1) is 0 Å². The molecule has 1 rings (SSSR count). The summed E-state index contributed by atoms with van der Waals surface area (Å²) in [4.78, 5) is 13.3. The zero-order chi connectivity index (χ0) is 15.1. The molecule has 20 heavy (non-hydrogen) atoms. The van der Waals surface area contributed by atoms with Gasteiger partial charge < -0.3 is 29.2 Å². The maximum atomic E-state index is 10.6. The molecule has 0 aromatic rings. The van der Waals surface area contributed by atoms with E-state index in [0.29, 0.717) is 0 Å². The van der Waals surface area contributed by atoms with Gasteiger partial charge in [-0.15, -0.1) is 0 Å². The van der Waals surface area contributed by atoms with Crippen LogP contribution in [0.15, 0.2) is 5.11 Å². The molecule has 1 heterocycles. The number of hydrogen-bond donors (Lipinski definition) is 2. The molecule has 10 nitrogen and oxygen atoms in total. The van der Waals surface area contributed by atoms with Crippen molar-refractivity contribution in [1.82, 2.24) is 0 Å². The zero-order valence-electron chi connectivity index (χ0n) is 11.1. The van der Waals surface area contributed by atoms with Gasteiger partial charge >= 0.3 is 5.97 Å². The van der Waals surface area contributed by atoms with Crippen LogP contribution in [0.5, 0.6) is 0 Å². The molecule has 1 unspecified atom stereocenters. The van der Waals surface area contributed by atoms with Crippen molar-refractivity contribution in [3.8, 4) is 0 Å². The van der Waals surface area contributed by atoms with E-state index in [9.17, 15) is 9.90 Å².